The van der Waals surface area contributed by atoms with Crippen LogP contribution in [0.5, 0.6) is 11.5 Å². The number of aryl methyl sites for hydroxylation is 2. The van der Waals surface area contributed by atoms with Gasteiger partial charge in [0, 0.05) is 12.6 Å². The molecule has 2 aromatic rings. The number of nitrogens with zero attached hydrogens (tertiary/aromatic N) is 2. The van der Waals surface area contributed by atoms with Gasteiger partial charge < -0.3 is 18.9 Å². The van der Waals surface area contributed by atoms with Gasteiger partial charge >= 0.3 is 0 Å². The molecule has 1 aliphatic rings. The van der Waals surface area contributed by atoms with Crippen molar-refractivity contribution < 1.29 is 18.8 Å². The Morgan fingerprint density at radius 2 is 2.04 bits per heavy atom. The standard InChI is InChI=1S/C17H20N2O4/c1-11-14(12(2)23-18-11)8-17(20)19(3)9-13-10-21-15-6-4-5-7-16(15)22-13/h4-7,13H,8-10H2,1-3H3/t13-/m1/s1. The molecule has 1 aliphatic heterocycles. The molecule has 0 unspecified atom stereocenters. The van der Waals surface area contributed by atoms with Crippen molar-refractivity contribution in [2.45, 2.75) is 26.4 Å². The Morgan fingerprint density at radius 1 is 1.30 bits per heavy atom. The molecule has 0 saturated carbocycles. The van der Waals surface area contributed by atoms with Gasteiger partial charge in [-0.05, 0) is 26.0 Å². The molecule has 1 amide bonds. The van der Waals surface area contributed by atoms with E-state index in [1.165, 1.54) is 0 Å². The first-order valence-corrected chi connectivity index (χ1v) is 7.59. The number of hydrogen-bond acceptors (Lipinski definition) is 5. The van der Waals surface area contributed by atoms with E-state index in [1.54, 1.807) is 11.9 Å². The van der Waals surface area contributed by atoms with Crippen LogP contribution < -0.4 is 9.47 Å². The summed E-state index contributed by atoms with van der Waals surface area (Å²) in [6.45, 7) is 4.56. The summed E-state index contributed by atoms with van der Waals surface area (Å²) in [6.07, 6.45) is 0.102. The molecule has 6 heteroatoms. The van der Waals surface area contributed by atoms with Gasteiger partial charge in [-0.3, -0.25) is 4.79 Å². The van der Waals surface area contributed by atoms with Crippen LogP contribution in [0, 0.1) is 13.8 Å². The third-order valence-corrected chi connectivity index (χ3v) is 3.98. The van der Waals surface area contributed by atoms with Crippen molar-refractivity contribution in [1.82, 2.24) is 10.1 Å². The average molecular weight is 316 g/mol. The van der Waals surface area contributed by atoms with E-state index in [0.717, 1.165) is 22.8 Å². The first kappa shape index (κ1) is 15.4. The number of carbonyl (C=O) groups is 1. The highest BCUT2D eigenvalue weighted by Crippen LogP contribution is 2.31. The normalized spacial score (nSPS) is 16.2. The lowest BCUT2D eigenvalue weighted by Gasteiger charge is -2.29. The van der Waals surface area contributed by atoms with Gasteiger partial charge in [0.2, 0.25) is 5.91 Å². The molecule has 6 nitrogen and oxygen atoms in total. The van der Waals surface area contributed by atoms with Crippen molar-refractivity contribution in [3.8, 4) is 11.5 Å². The van der Waals surface area contributed by atoms with E-state index in [-0.39, 0.29) is 18.4 Å². The van der Waals surface area contributed by atoms with Crippen molar-refractivity contribution in [3.05, 3.63) is 41.3 Å². The molecule has 2 heterocycles. The summed E-state index contributed by atoms with van der Waals surface area (Å²) in [4.78, 5) is 14.1. The number of likely N-dealkylation sites (N-methyl/N-ethyl adjacent to an activating group) is 1. The van der Waals surface area contributed by atoms with Crippen LogP contribution in [0.15, 0.2) is 28.8 Å². The van der Waals surface area contributed by atoms with Crippen molar-refractivity contribution in [3.63, 3.8) is 0 Å². The van der Waals surface area contributed by atoms with Gasteiger partial charge in [0.25, 0.3) is 0 Å². The quantitative estimate of drug-likeness (QED) is 0.864. The lowest BCUT2D eigenvalue weighted by molar-refractivity contribution is -0.130. The Kier molecular flexibility index (Phi) is 4.23. The molecule has 23 heavy (non-hydrogen) atoms. The van der Waals surface area contributed by atoms with Crippen LogP contribution in [-0.2, 0) is 11.2 Å². The number of fused-ring (bicyclic) bond motifs is 1. The molecule has 0 spiro atoms. The zero-order valence-electron chi connectivity index (χ0n) is 13.5. The molecule has 0 bridgehead atoms. The minimum atomic E-state index is -0.177. The van der Waals surface area contributed by atoms with Crippen LogP contribution in [0.3, 0.4) is 0 Å². The van der Waals surface area contributed by atoms with Crippen molar-refractivity contribution in [2.75, 3.05) is 20.2 Å². The maximum absolute atomic E-state index is 12.4. The third kappa shape index (κ3) is 3.31. The molecule has 0 N–H and O–H groups in total. The largest absolute Gasteiger partial charge is 0.486 e. The van der Waals surface area contributed by atoms with Crippen LogP contribution in [0.2, 0.25) is 0 Å². The maximum Gasteiger partial charge on any atom is 0.227 e. The van der Waals surface area contributed by atoms with Gasteiger partial charge in [-0.1, -0.05) is 17.3 Å². The molecular formula is C17H20N2O4. The summed E-state index contributed by atoms with van der Waals surface area (Å²) in [6, 6.07) is 7.55. The second kappa shape index (κ2) is 6.32. The van der Waals surface area contributed by atoms with Gasteiger partial charge in [0.05, 0.1) is 18.7 Å². The third-order valence-electron chi connectivity index (χ3n) is 3.98. The van der Waals surface area contributed by atoms with Crippen molar-refractivity contribution in [2.24, 2.45) is 0 Å². The molecular weight excluding hydrogens is 296 g/mol. The number of amides is 1. The predicted molar refractivity (Wildman–Crippen MR) is 83.7 cm³/mol. The minimum absolute atomic E-state index is 0.00172. The van der Waals surface area contributed by atoms with E-state index < -0.39 is 0 Å². The number of aromatic nitrogens is 1. The summed E-state index contributed by atoms with van der Waals surface area (Å²) < 4.78 is 16.7. The lowest BCUT2D eigenvalue weighted by Crippen LogP contribution is -2.42. The topological polar surface area (TPSA) is 64.8 Å². The Labute approximate surface area is 135 Å². The predicted octanol–water partition coefficient (Wildman–Crippen LogP) is 2.13. The molecule has 0 radical (unpaired) electrons. The first-order valence-electron chi connectivity index (χ1n) is 7.59. The number of rotatable bonds is 4. The summed E-state index contributed by atoms with van der Waals surface area (Å²) >= 11 is 0. The van der Waals surface area contributed by atoms with E-state index in [4.69, 9.17) is 14.0 Å². The number of carbonyl (C=O) groups excluding carboxylic acids is 1. The molecule has 0 fully saturated rings. The number of para-hydroxylation sites is 2. The second-order valence-corrected chi connectivity index (χ2v) is 5.75. The van der Waals surface area contributed by atoms with E-state index in [9.17, 15) is 4.79 Å². The van der Waals surface area contributed by atoms with Crippen LogP contribution in [-0.4, -0.2) is 42.3 Å². The van der Waals surface area contributed by atoms with Crippen LogP contribution in [0.4, 0.5) is 0 Å². The summed E-state index contributed by atoms with van der Waals surface area (Å²) in [5.41, 5.74) is 1.61. The molecule has 122 valence electrons. The molecule has 0 aliphatic carbocycles. The Morgan fingerprint density at radius 3 is 2.74 bits per heavy atom. The molecule has 0 saturated heterocycles. The minimum Gasteiger partial charge on any atom is -0.486 e. The highest BCUT2D eigenvalue weighted by Gasteiger charge is 2.24. The monoisotopic (exact) mass is 316 g/mol. The second-order valence-electron chi connectivity index (χ2n) is 5.75. The lowest BCUT2D eigenvalue weighted by atomic mass is 10.1. The fourth-order valence-electron chi connectivity index (χ4n) is 2.60. The van der Waals surface area contributed by atoms with E-state index in [1.807, 2.05) is 38.1 Å². The number of ether oxygens (including phenoxy) is 2. The van der Waals surface area contributed by atoms with Gasteiger partial charge in [0.1, 0.15) is 12.4 Å². The molecule has 1 aromatic heterocycles. The van der Waals surface area contributed by atoms with Gasteiger partial charge in [0.15, 0.2) is 17.6 Å². The Bertz CT molecular complexity index is 691. The number of hydrogen-bond donors (Lipinski definition) is 0. The Hall–Kier alpha value is -2.50. The van der Waals surface area contributed by atoms with Crippen LogP contribution in [0.1, 0.15) is 17.0 Å². The highest BCUT2D eigenvalue weighted by molar-refractivity contribution is 5.79. The van der Waals surface area contributed by atoms with Crippen LogP contribution >= 0.6 is 0 Å². The van der Waals surface area contributed by atoms with Crippen LogP contribution in [0.25, 0.3) is 0 Å². The average Bonchev–Trinajstić information content (AvgIpc) is 2.86. The summed E-state index contributed by atoms with van der Waals surface area (Å²) in [5, 5.41) is 3.88. The van der Waals surface area contributed by atoms with Gasteiger partial charge in [-0.15, -0.1) is 0 Å². The molecule has 1 aromatic carbocycles. The zero-order chi connectivity index (χ0) is 16.4. The SMILES string of the molecule is Cc1noc(C)c1CC(=O)N(C)C[C@@H]1COc2ccccc2O1. The fraction of sp³-hybridized carbons (Fsp3) is 0.412. The first-order chi connectivity index (χ1) is 11.0. The maximum atomic E-state index is 12.4. The molecule has 3 rings (SSSR count). The molecule has 1 atom stereocenters. The van der Waals surface area contributed by atoms with E-state index in [0.29, 0.717) is 18.9 Å². The van der Waals surface area contributed by atoms with E-state index in [2.05, 4.69) is 5.16 Å². The van der Waals surface area contributed by atoms with E-state index >= 15 is 0 Å². The highest BCUT2D eigenvalue weighted by atomic mass is 16.6. The number of benzene rings is 1. The van der Waals surface area contributed by atoms with Crippen molar-refractivity contribution in [1.29, 1.82) is 0 Å². The van der Waals surface area contributed by atoms with Crippen molar-refractivity contribution >= 4 is 5.91 Å². The zero-order valence-corrected chi connectivity index (χ0v) is 13.5. The smallest absolute Gasteiger partial charge is 0.227 e. The summed E-state index contributed by atoms with van der Waals surface area (Å²) in [5.74, 6) is 2.15. The van der Waals surface area contributed by atoms with Gasteiger partial charge in [-0.2, -0.15) is 0 Å². The fourth-order valence-corrected chi connectivity index (χ4v) is 2.60. The van der Waals surface area contributed by atoms with Gasteiger partial charge in [-0.25, -0.2) is 0 Å². The summed E-state index contributed by atoms with van der Waals surface area (Å²) in [7, 11) is 1.77. The Balaban J connectivity index is 1.59.